The van der Waals surface area contributed by atoms with Gasteiger partial charge in [0.25, 0.3) is 10.1 Å². The van der Waals surface area contributed by atoms with Crippen molar-refractivity contribution < 1.29 is 13.0 Å². The van der Waals surface area contributed by atoms with E-state index in [-0.39, 0.29) is 0 Å². The fraction of sp³-hybridized carbons (Fsp3) is 0.538. The summed E-state index contributed by atoms with van der Waals surface area (Å²) in [5.41, 5.74) is 7.02. The Hall–Kier alpha value is -1.27. The molecular weight excluding hydrogens is 264 g/mol. The van der Waals surface area contributed by atoms with Crippen molar-refractivity contribution in [3.05, 3.63) is 24.3 Å². The quantitative estimate of drug-likeness (QED) is 0.594. The Bertz CT molecular complexity index is 485. The highest BCUT2D eigenvalue weighted by atomic mass is 32.2. The molecule has 0 heterocycles. The Balaban J connectivity index is 3.09. The molecule has 19 heavy (non-hydrogen) atoms. The van der Waals surface area contributed by atoms with Crippen molar-refractivity contribution in [2.75, 3.05) is 17.2 Å². The second-order valence-electron chi connectivity index (χ2n) is 4.52. The summed E-state index contributed by atoms with van der Waals surface area (Å²) in [5.74, 6) is 0. The standard InChI is InChI=1S/C13H22N2O3S/c1-3-5-10-15(13(4-2)19(16,17)18)12-8-6-11(14)7-9-12/h6-9,13H,3-5,10,14H2,1-2H3,(H,16,17,18). The summed E-state index contributed by atoms with van der Waals surface area (Å²) in [6, 6.07) is 7.01. The zero-order chi connectivity index (χ0) is 14.5. The SMILES string of the molecule is CCCCN(c1ccc(N)cc1)C(CC)S(=O)(=O)O. The lowest BCUT2D eigenvalue weighted by atomic mass is 10.2. The molecular formula is C13H22N2O3S. The third kappa shape index (κ3) is 4.40. The normalized spacial score (nSPS) is 13.2. The van der Waals surface area contributed by atoms with E-state index in [9.17, 15) is 13.0 Å². The van der Waals surface area contributed by atoms with Gasteiger partial charge in [0.1, 0.15) is 0 Å². The fourth-order valence-electron chi connectivity index (χ4n) is 2.03. The lowest BCUT2D eigenvalue weighted by Crippen LogP contribution is -2.41. The van der Waals surface area contributed by atoms with Crippen LogP contribution >= 0.6 is 0 Å². The summed E-state index contributed by atoms with van der Waals surface area (Å²) < 4.78 is 32.4. The van der Waals surface area contributed by atoms with E-state index >= 15 is 0 Å². The molecule has 1 aromatic rings. The molecule has 5 nitrogen and oxygen atoms in total. The smallest absolute Gasteiger partial charge is 0.286 e. The maximum absolute atomic E-state index is 11.5. The zero-order valence-electron chi connectivity index (χ0n) is 11.4. The predicted molar refractivity (Wildman–Crippen MR) is 78.7 cm³/mol. The van der Waals surface area contributed by atoms with Gasteiger partial charge < -0.3 is 10.6 Å². The van der Waals surface area contributed by atoms with Crippen molar-refractivity contribution in [2.24, 2.45) is 0 Å². The molecule has 0 saturated heterocycles. The van der Waals surface area contributed by atoms with Gasteiger partial charge in [0.05, 0.1) is 0 Å². The van der Waals surface area contributed by atoms with E-state index in [1.54, 1.807) is 36.1 Å². The van der Waals surface area contributed by atoms with Gasteiger partial charge in [0, 0.05) is 17.9 Å². The Morgan fingerprint density at radius 3 is 2.26 bits per heavy atom. The van der Waals surface area contributed by atoms with Crippen molar-refractivity contribution in [3.63, 3.8) is 0 Å². The van der Waals surface area contributed by atoms with Gasteiger partial charge >= 0.3 is 0 Å². The van der Waals surface area contributed by atoms with Crippen LogP contribution in [0.3, 0.4) is 0 Å². The Morgan fingerprint density at radius 1 is 1.26 bits per heavy atom. The highest BCUT2D eigenvalue weighted by molar-refractivity contribution is 7.86. The van der Waals surface area contributed by atoms with Crippen LogP contribution in [0.1, 0.15) is 33.1 Å². The summed E-state index contributed by atoms with van der Waals surface area (Å²) in [5, 5.41) is -0.914. The van der Waals surface area contributed by atoms with E-state index in [0.29, 0.717) is 18.7 Å². The van der Waals surface area contributed by atoms with E-state index in [1.807, 2.05) is 6.92 Å². The van der Waals surface area contributed by atoms with Gasteiger partial charge in [0.2, 0.25) is 0 Å². The topological polar surface area (TPSA) is 83.6 Å². The summed E-state index contributed by atoms with van der Waals surface area (Å²) in [4.78, 5) is 1.72. The Morgan fingerprint density at radius 2 is 1.84 bits per heavy atom. The van der Waals surface area contributed by atoms with Crippen molar-refractivity contribution in [1.82, 2.24) is 0 Å². The van der Waals surface area contributed by atoms with Crippen LogP contribution in [0.2, 0.25) is 0 Å². The second-order valence-corrected chi connectivity index (χ2v) is 6.09. The van der Waals surface area contributed by atoms with Crippen LogP contribution < -0.4 is 10.6 Å². The number of nitrogens with zero attached hydrogens (tertiary/aromatic N) is 1. The minimum absolute atomic E-state index is 0.326. The van der Waals surface area contributed by atoms with Crippen LogP contribution in [0.5, 0.6) is 0 Å². The number of rotatable bonds is 7. The molecule has 0 fully saturated rings. The second kappa shape index (κ2) is 6.77. The first-order valence-corrected chi connectivity index (χ1v) is 7.99. The lowest BCUT2D eigenvalue weighted by Gasteiger charge is -2.31. The molecule has 0 aliphatic carbocycles. The highest BCUT2D eigenvalue weighted by Gasteiger charge is 2.28. The average molecular weight is 286 g/mol. The van der Waals surface area contributed by atoms with Crippen molar-refractivity contribution in [1.29, 1.82) is 0 Å². The molecule has 6 heteroatoms. The van der Waals surface area contributed by atoms with Crippen LogP contribution in [-0.2, 0) is 10.1 Å². The predicted octanol–water partition coefficient (Wildman–Crippen LogP) is 2.50. The molecule has 3 N–H and O–H groups in total. The first kappa shape index (κ1) is 15.8. The van der Waals surface area contributed by atoms with Gasteiger partial charge in [-0.1, -0.05) is 20.3 Å². The molecule has 108 valence electrons. The van der Waals surface area contributed by atoms with E-state index < -0.39 is 15.5 Å². The van der Waals surface area contributed by atoms with Crippen molar-refractivity contribution >= 4 is 21.5 Å². The third-order valence-corrected chi connectivity index (χ3v) is 4.29. The van der Waals surface area contributed by atoms with E-state index in [2.05, 4.69) is 0 Å². The maximum atomic E-state index is 11.5. The Kier molecular flexibility index (Phi) is 5.62. The van der Waals surface area contributed by atoms with E-state index in [0.717, 1.165) is 18.5 Å². The van der Waals surface area contributed by atoms with Crippen LogP contribution in [0.15, 0.2) is 24.3 Å². The Labute approximate surface area is 115 Å². The monoisotopic (exact) mass is 286 g/mol. The number of unbranched alkanes of at least 4 members (excludes halogenated alkanes) is 1. The molecule has 0 radical (unpaired) electrons. The molecule has 0 aliphatic rings. The van der Waals surface area contributed by atoms with Gasteiger partial charge in [-0.3, -0.25) is 4.55 Å². The van der Waals surface area contributed by atoms with Gasteiger partial charge in [-0.05, 0) is 37.1 Å². The largest absolute Gasteiger partial charge is 0.399 e. The summed E-state index contributed by atoms with van der Waals surface area (Å²) >= 11 is 0. The number of anilines is 2. The molecule has 1 aromatic carbocycles. The number of nitrogens with two attached hydrogens (primary N) is 1. The van der Waals surface area contributed by atoms with Gasteiger partial charge in [-0.15, -0.1) is 0 Å². The van der Waals surface area contributed by atoms with Gasteiger partial charge in [0.15, 0.2) is 5.37 Å². The minimum atomic E-state index is -4.11. The summed E-state index contributed by atoms with van der Waals surface area (Å²) in [6.07, 6.45) is 2.14. The van der Waals surface area contributed by atoms with Crippen LogP contribution in [-0.4, -0.2) is 24.9 Å². The first-order chi connectivity index (χ1) is 8.90. The van der Waals surface area contributed by atoms with Crippen molar-refractivity contribution in [2.45, 2.75) is 38.5 Å². The maximum Gasteiger partial charge on any atom is 0.286 e. The van der Waals surface area contributed by atoms with Gasteiger partial charge in [-0.2, -0.15) is 8.42 Å². The number of hydrogen-bond donors (Lipinski definition) is 2. The van der Waals surface area contributed by atoms with E-state index in [1.165, 1.54) is 0 Å². The van der Waals surface area contributed by atoms with E-state index in [4.69, 9.17) is 5.73 Å². The third-order valence-electron chi connectivity index (χ3n) is 3.02. The number of hydrogen-bond acceptors (Lipinski definition) is 4. The molecule has 0 amide bonds. The molecule has 1 rings (SSSR count). The fourth-order valence-corrected chi connectivity index (χ4v) is 3.00. The minimum Gasteiger partial charge on any atom is -0.399 e. The number of nitrogen functional groups attached to an aromatic ring is 1. The molecule has 1 unspecified atom stereocenters. The summed E-state index contributed by atoms with van der Waals surface area (Å²) in [6.45, 7) is 4.36. The van der Waals surface area contributed by atoms with Crippen LogP contribution in [0, 0.1) is 0 Å². The van der Waals surface area contributed by atoms with Crippen LogP contribution in [0.25, 0.3) is 0 Å². The van der Waals surface area contributed by atoms with Crippen molar-refractivity contribution in [3.8, 4) is 0 Å². The van der Waals surface area contributed by atoms with Gasteiger partial charge in [-0.25, -0.2) is 0 Å². The average Bonchev–Trinajstić information content (AvgIpc) is 2.34. The molecule has 0 aromatic heterocycles. The molecule has 0 saturated carbocycles. The molecule has 0 spiro atoms. The molecule has 0 aliphatic heterocycles. The van der Waals surface area contributed by atoms with Crippen LogP contribution in [0.4, 0.5) is 11.4 Å². The first-order valence-electron chi connectivity index (χ1n) is 6.48. The lowest BCUT2D eigenvalue weighted by molar-refractivity contribution is 0.458. The zero-order valence-corrected chi connectivity index (χ0v) is 12.2. The molecule has 0 bridgehead atoms. The molecule has 1 atom stereocenters. The summed E-state index contributed by atoms with van der Waals surface area (Å²) in [7, 11) is -4.11. The number of benzene rings is 1. The highest BCUT2D eigenvalue weighted by Crippen LogP contribution is 2.23.